The fraction of sp³-hybridized carbons (Fsp3) is 0.677. The van der Waals surface area contributed by atoms with E-state index in [9.17, 15) is 8.78 Å². The van der Waals surface area contributed by atoms with E-state index in [-0.39, 0.29) is 11.7 Å². The quantitative estimate of drug-likeness (QED) is 0.344. The molecule has 2 unspecified atom stereocenters. The van der Waals surface area contributed by atoms with Gasteiger partial charge in [-0.05, 0) is 125 Å². The maximum atomic E-state index is 14.6. The predicted molar refractivity (Wildman–Crippen MR) is 137 cm³/mol. The maximum Gasteiger partial charge on any atom is 0.200 e. The van der Waals surface area contributed by atoms with Crippen LogP contribution >= 0.6 is 0 Å². The van der Waals surface area contributed by atoms with Crippen LogP contribution in [0.15, 0.2) is 36.4 Å². The lowest BCUT2D eigenvalue weighted by molar-refractivity contribution is 0.230. The van der Waals surface area contributed by atoms with Crippen molar-refractivity contribution in [3.63, 3.8) is 0 Å². The maximum absolute atomic E-state index is 14.6. The molecule has 0 aliphatic heterocycles. The van der Waals surface area contributed by atoms with Gasteiger partial charge < -0.3 is 4.74 Å². The molecule has 1 aromatic rings. The molecule has 188 valence electrons. The van der Waals surface area contributed by atoms with Crippen LogP contribution in [-0.2, 0) is 0 Å². The molecule has 0 radical (unpaired) electrons. The summed E-state index contributed by atoms with van der Waals surface area (Å²) < 4.78 is 34.1. The fourth-order valence-electron chi connectivity index (χ4n) is 6.73. The zero-order chi connectivity index (χ0) is 23.9. The molecule has 34 heavy (non-hydrogen) atoms. The molecular formula is C31H44F2O. The summed E-state index contributed by atoms with van der Waals surface area (Å²) in [4.78, 5) is 0. The Balaban J connectivity index is 1.21. The van der Waals surface area contributed by atoms with Gasteiger partial charge in [0.05, 0.1) is 6.61 Å². The number of hydrogen-bond donors (Lipinski definition) is 0. The SMILES string of the molecule is CCCC1C=CC(C2CCC(/C=C/C3CCC(c4ccc(OCC)c(F)c4F)CC3)CC2)CC1. The van der Waals surface area contributed by atoms with E-state index in [0.29, 0.717) is 18.1 Å². The molecule has 3 heteroatoms. The summed E-state index contributed by atoms with van der Waals surface area (Å²) in [6.45, 7) is 4.41. The lowest BCUT2D eigenvalue weighted by Crippen LogP contribution is -2.22. The van der Waals surface area contributed by atoms with Crippen LogP contribution in [0.4, 0.5) is 8.78 Å². The molecule has 2 saturated carbocycles. The van der Waals surface area contributed by atoms with Gasteiger partial charge in [0.15, 0.2) is 11.6 Å². The second kappa shape index (κ2) is 12.4. The third kappa shape index (κ3) is 6.32. The smallest absolute Gasteiger partial charge is 0.200 e. The fourth-order valence-corrected chi connectivity index (χ4v) is 6.73. The first-order valence-electron chi connectivity index (χ1n) is 14.1. The first-order valence-corrected chi connectivity index (χ1v) is 14.1. The van der Waals surface area contributed by atoms with Crippen LogP contribution in [-0.4, -0.2) is 6.61 Å². The second-order valence-electron chi connectivity index (χ2n) is 11.1. The molecule has 0 N–H and O–H groups in total. The topological polar surface area (TPSA) is 9.23 Å². The van der Waals surface area contributed by atoms with Crippen molar-refractivity contribution in [2.75, 3.05) is 6.61 Å². The monoisotopic (exact) mass is 470 g/mol. The average Bonchev–Trinajstić information content (AvgIpc) is 2.87. The van der Waals surface area contributed by atoms with Gasteiger partial charge in [-0.2, -0.15) is 4.39 Å². The Morgan fingerprint density at radius 3 is 2.06 bits per heavy atom. The molecule has 2 atom stereocenters. The summed E-state index contributed by atoms with van der Waals surface area (Å²) in [5.41, 5.74) is 0.527. The molecule has 3 aliphatic carbocycles. The number of halogens is 2. The average molecular weight is 471 g/mol. The molecular weight excluding hydrogens is 426 g/mol. The van der Waals surface area contributed by atoms with Crippen LogP contribution in [0.5, 0.6) is 5.75 Å². The van der Waals surface area contributed by atoms with Gasteiger partial charge in [0.25, 0.3) is 0 Å². The van der Waals surface area contributed by atoms with Gasteiger partial charge in [-0.3, -0.25) is 0 Å². The first kappa shape index (κ1) is 25.5. The van der Waals surface area contributed by atoms with Crippen molar-refractivity contribution in [3.8, 4) is 5.75 Å². The third-order valence-electron chi connectivity index (χ3n) is 8.83. The highest BCUT2D eigenvalue weighted by Gasteiger charge is 2.29. The Morgan fingerprint density at radius 2 is 1.47 bits per heavy atom. The zero-order valence-corrected chi connectivity index (χ0v) is 21.3. The summed E-state index contributed by atoms with van der Waals surface area (Å²) in [5.74, 6) is 2.45. The third-order valence-corrected chi connectivity index (χ3v) is 8.83. The zero-order valence-electron chi connectivity index (χ0n) is 21.3. The second-order valence-corrected chi connectivity index (χ2v) is 11.1. The van der Waals surface area contributed by atoms with Crippen molar-refractivity contribution in [2.45, 2.75) is 96.8 Å². The van der Waals surface area contributed by atoms with Gasteiger partial charge in [0, 0.05) is 0 Å². The van der Waals surface area contributed by atoms with Gasteiger partial charge in [0.2, 0.25) is 5.82 Å². The van der Waals surface area contributed by atoms with E-state index in [1.807, 2.05) is 0 Å². The number of hydrogen-bond acceptors (Lipinski definition) is 1. The van der Waals surface area contributed by atoms with Gasteiger partial charge in [-0.1, -0.05) is 43.7 Å². The summed E-state index contributed by atoms with van der Waals surface area (Å²) in [7, 11) is 0. The van der Waals surface area contributed by atoms with Crippen molar-refractivity contribution in [3.05, 3.63) is 53.6 Å². The van der Waals surface area contributed by atoms with Crippen molar-refractivity contribution >= 4 is 0 Å². The molecule has 0 heterocycles. The Labute approximate surface area is 206 Å². The van der Waals surface area contributed by atoms with Crippen molar-refractivity contribution in [1.29, 1.82) is 0 Å². The molecule has 1 aromatic carbocycles. The lowest BCUT2D eigenvalue weighted by atomic mass is 9.71. The van der Waals surface area contributed by atoms with Crippen molar-refractivity contribution in [1.82, 2.24) is 0 Å². The molecule has 0 bridgehead atoms. The number of rotatable bonds is 8. The van der Waals surface area contributed by atoms with Crippen LogP contribution in [0.3, 0.4) is 0 Å². The van der Waals surface area contributed by atoms with Crippen LogP contribution in [0.1, 0.15) is 102 Å². The van der Waals surface area contributed by atoms with Gasteiger partial charge in [0.1, 0.15) is 0 Å². The first-order chi connectivity index (χ1) is 16.6. The standard InChI is InChI=1S/C31H44F2O/c1-3-5-22-8-14-25(15-9-22)26-16-10-23(11-17-26)6-7-24-12-18-27(19-13-24)28-20-21-29(34-4-2)31(33)30(28)32/h6-8,14,20-27H,3-5,9-13,15-19H2,1-2H3/b7-6+. The predicted octanol–water partition coefficient (Wildman–Crippen LogP) is 9.38. The molecule has 0 spiro atoms. The number of allylic oxidation sites excluding steroid dienone is 4. The van der Waals surface area contributed by atoms with Gasteiger partial charge >= 0.3 is 0 Å². The van der Waals surface area contributed by atoms with Crippen LogP contribution in [0.25, 0.3) is 0 Å². The molecule has 4 rings (SSSR count). The highest BCUT2D eigenvalue weighted by molar-refractivity contribution is 5.33. The normalized spacial score (nSPS) is 32.2. The summed E-state index contributed by atoms with van der Waals surface area (Å²) in [6.07, 6.45) is 24.9. The molecule has 1 nitrogen and oxygen atoms in total. The Bertz CT molecular complexity index is 828. The molecule has 3 aliphatic rings. The Hall–Kier alpha value is -1.64. The van der Waals surface area contributed by atoms with Crippen molar-refractivity contribution in [2.24, 2.45) is 29.6 Å². The van der Waals surface area contributed by atoms with E-state index in [1.54, 1.807) is 19.1 Å². The van der Waals surface area contributed by atoms with E-state index in [0.717, 1.165) is 49.4 Å². The van der Waals surface area contributed by atoms with E-state index in [1.165, 1.54) is 51.4 Å². The van der Waals surface area contributed by atoms with Crippen molar-refractivity contribution < 1.29 is 13.5 Å². The largest absolute Gasteiger partial charge is 0.491 e. The van der Waals surface area contributed by atoms with Gasteiger partial charge in [-0.15, -0.1) is 0 Å². The summed E-state index contributed by atoms with van der Waals surface area (Å²) >= 11 is 0. The number of ether oxygens (including phenoxy) is 1. The minimum absolute atomic E-state index is 0.0234. The van der Waals surface area contributed by atoms with Crippen LogP contribution < -0.4 is 4.74 Å². The van der Waals surface area contributed by atoms with E-state index >= 15 is 0 Å². The Morgan fingerprint density at radius 1 is 0.794 bits per heavy atom. The highest BCUT2D eigenvalue weighted by atomic mass is 19.2. The molecule has 0 saturated heterocycles. The highest BCUT2D eigenvalue weighted by Crippen LogP contribution is 2.41. The van der Waals surface area contributed by atoms with Gasteiger partial charge in [-0.25, -0.2) is 4.39 Å². The molecule has 0 amide bonds. The molecule has 0 aromatic heterocycles. The van der Waals surface area contributed by atoms with Crippen LogP contribution in [0.2, 0.25) is 0 Å². The minimum atomic E-state index is -0.832. The summed E-state index contributed by atoms with van der Waals surface area (Å²) in [6, 6.07) is 3.32. The van der Waals surface area contributed by atoms with Crippen LogP contribution in [0, 0.1) is 41.2 Å². The minimum Gasteiger partial charge on any atom is -0.491 e. The van der Waals surface area contributed by atoms with E-state index < -0.39 is 11.6 Å². The molecule has 2 fully saturated rings. The lowest BCUT2D eigenvalue weighted by Gasteiger charge is -2.34. The number of benzene rings is 1. The Kier molecular flexibility index (Phi) is 9.25. The van der Waals surface area contributed by atoms with E-state index in [4.69, 9.17) is 4.74 Å². The van der Waals surface area contributed by atoms with E-state index in [2.05, 4.69) is 31.2 Å². The summed E-state index contributed by atoms with van der Waals surface area (Å²) in [5, 5.41) is 0.